The van der Waals surface area contributed by atoms with Crippen LogP contribution in [-0.2, 0) is 29.1 Å². The highest BCUT2D eigenvalue weighted by atomic mass is 16.2. The molecule has 0 radical (unpaired) electrons. The van der Waals surface area contributed by atoms with E-state index in [-0.39, 0.29) is 30.8 Å². The first-order valence-electron chi connectivity index (χ1n) is 13.3. The first kappa shape index (κ1) is 28.8. The Morgan fingerprint density at radius 2 is 1.24 bits per heavy atom. The molecule has 0 fully saturated rings. The van der Waals surface area contributed by atoms with Crippen molar-refractivity contribution in [2.75, 3.05) is 12.8 Å². The number of nitrogens with one attached hydrogen (secondary N) is 4. The van der Waals surface area contributed by atoms with Crippen molar-refractivity contribution in [1.82, 2.24) is 26.3 Å². The summed E-state index contributed by atoms with van der Waals surface area (Å²) < 4.78 is 0. The molecule has 0 spiro atoms. The van der Waals surface area contributed by atoms with Crippen molar-refractivity contribution < 1.29 is 14.4 Å². The van der Waals surface area contributed by atoms with E-state index >= 15 is 0 Å². The van der Waals surface area contributed by atoms with Gasteiger partial charge >= 0.3 is 6.03 Å². The molecule has 9 heteroatoms. The van der Waals surface area contributed by atoms with Crippen molar-refractivity contribution in [1.29, 1.82) is 0 Å². The predicted octanol–water partition coefficient (Wildman–Crippen LogP) is 3.27. The van der Waals surface area contributed by atoms with Crippen molar-refractivity contribution in [2.24, 2.45) is 0 Å². The molecule has 0 aliphatic rings. The summed E-state index contributed by atoms with van der Waals surface area (Å²) >= 11 is 0. The number of nitrogens with two attached hydrogens (primary N) is 1. The van der Waals surface area contributed by atoms with Crippen LogP contribution in [0.4, 0.5) is 10.6 Å². The maximum Gasteiger partial charge on any atom is 0.314 e. The number of nitrogen functional groups attached to an aromatic ring is 1. The smallest absolute Gasteiger partial charge is 0.314 e. The number of aromatic nitrogens is 1. The van der Waals surface area contributed by atoms with E-state index in [9.17, 15) is 14.4 Å². The minimum Gasteiger partial charge on any atom is -0.384 e. The third-order valence-corrected chi connectivity index (χ3v) is 6.62. The molecule has 4 amide bonds. The van der Waals surface area contributed by atoms with Crippen LogP contribution in [0.1, 0.15) is 33.7 Å². The molecule has 0 bridgehead atoms. The normalized spacial score (nSPS) is 11.4. The Morgan fingerprint density at radius 3 is 1.76 bits per heavy atom. The Labute approximate surface area is 239 Å². The Morgan fingerprint density at radius 1 is 0.707 bits per heavy atom. The van der Waals surface area contributed by atoms with Gasteiger partial charge in [-0.25, -0.2) is 9.78 Å². The van der Waals surface area contributed by atoms with Crippen LogP contribution in [0.3, 0.4) is 0 Å². The third-order valence-electron chi connectivity index (χ3n) is 6.62. The molecule has 0 saturated heterocycles. The van der Waals surface area contributed by atoms with Gasteiger partial charge in [-0.05, 0) is 33.9 Å². The lowest BCUT2D eigenvalue weighted by Crippen LogP contribution is -2.49. The summed E-state index contributed by atoms with van der Waals surface area (Å²) in [5, 5.41) is 11.2. The average molecular weight is 551 g/mol. The van der Waals surface area contributed by atoms with Gasteiger partial charge in [0.15, 0.2) is 0 Å². The summed E-state index contributed by atoms with van der Waals surface area (Å²) in [4.78, 5) is 42.8. The lowest BCUT2D eigenvalue weighted by atomic mass is 9.90. The number of carbonyl (C=O) groups is 3. The summed E-state index contributed by atoms with van der Waals surface area (Å²) in [5.41, 5.74) is 9.98. The fraction of sp³-hybridized carbons (Fsp3) is 0.188. The van der Waals surface area contributed by atoms with E-state index in [1.165, 1.54) is 0 Å². The number of carbonyl (C=O) groups excluding carboxylic acids is 3. The molecule has 3 aromatic carbocycles. The highest BCUT2D eigenvalue weighted by Gasteiger charge is 2.28. The number of benzene rings is 3. The van der Waals surface area contributed by atoms with Gasteiger partial charge in [0.2, 0.25) is 11.8 Å². The largest absolute Gasteiger partial charge is 0.384 e. The lowest BCUT2D eigenvalue weighted by Gasteiger charge is -2.23. The van der Waals surface area contributed by atoms with Crippen molar-refractivity contribution in [3.05, 3.63) is 131 Å². The molecule has 9 nitrogen and oxygen atoms in total. The summed E-state index contributed by atoms with van der Waals surface area (Å²) in [7, 11) is 1.56. The summed E-state index contributed by atoms with van der Waals surface area (Å²) in [6.07, 6.45) is 1.85. The van der Waals surface area contributed by atoms with Crippen molar-refractivity contribution in [3.8, 4) is 0 Å². The Bertz CT molecular complexity index is 1390. The molecule has 1 unspecified atom stereocenters. The Hall–Kier alpha value is -5.18. The molecule has 0 aliphatic carbocycles. The quantitative estimate of drug-likeness (QED) is 0.195. The highest BCUT2D eigenvalue weighted by molar-refractivity contribution is 5.92. The summed E-state index contributed by atoms with van der Waals surface area (Å²) in [5.74, 6) is -0.812. The van der Waals surface area contributed by atoms with E-state index in [2.05, 4.69) is 26.3 Å². The van der Waals surface area contributed by atoms with Crippen LogP contribution in [0.25, 0.3) is 0 Å². The molecular weight excluding hydrogens is 516 g/mol. The fourth-order valence-corrected chi connectivity index (χ4v) is 4.40. The molecule has 210 valence electrons. The molecule has 4 rings (SSSR count). The van der Waals surface area contributed by atoms with Crippen molar-refractivity contribution >= 4 is 23.7 Å². The number of hydrogen-bond donors (Lipinski definition) is 5. The van der Waals surface area contributed by atoms with Crippen LogP contribution in [0.2, 0.25) is 0 Å². The van der Waals surface area contributed by atoms with E-state index in [1.807, 2.05) is 84.9 Å². The fourth-order valence-electron chi connectivity index (χ4n) is 4.40. The van der Waals surface area contributed by atoms with Crippen LogP contribution in [0, 0.1) is 0 Å². The highest BCUT2D eigenvalue weighted by Crippen LogP contribution is 2.25. The monoisotopic (exact) mass is 550 g/mol. The molecule has 0 saturated carbocycles. The second kappa shape index (κ2) is 14.3. The van der Waals surface area contributed by atoms with Gasteiger partial charge in [-0.15, -0.1) is 0 Å². The lowest BCUT2D eigenvalue weighted by molar-refractivity contribution is -0.129. The maximum absolute atomic E-state index is 13.8. The minimum atomic E-state index is -0.848. The van der Waals surface area contributed by atoms with Gasteiger partial charge in [-0.2, -0.15) is 0 Å². The van der Waals surface area contributed by atoms with Crippen molar-refractivity contribution in [3.63, 3.8) is 0 Å². The second-order valence-corrected chi connectivity index (χ2v) is 9.58. The summed E-state index contributed by atoms with van der Waals surface area (Å²) in [6, 6.07) is 28.9. The van der Waals surface area contributed by atoms with E-state index in [4.69, 9.17) is 5.73 Å². The zero-order chi connectivity index (χ0) is 29.0. The van der Waals surface area contributed by atoms with Gasteiger partial charge in [0.05, 0.1) is 5.92 Å². The van der Waals surface area contributed by atoms with Gasteiger partial charge in [-0.1, -0.05) is 91.0 Å². The predicted molar refractivity (Wildman–Crippen MR) is 159 cm³/mol. The van der Waals surface area contributed by atoms with Crippen LogP contribution in [0.15, 0.2) is 103 Å². The van der Waals surface area contributed by atoms with Gasteiger partial charge in [0.25, 0.3) is 0 Å². The zero-order valence-corrected chi connectivity index (χ0v) is 22.8. The third kappa shape index (κ3) is 8.40. The standard InChI is InChI=1S/C32H34N6O3/c1-34-32(41)37-20-23-14-12-22(13-15-23)19-36-30(39)27(18-24-16-17-28(33)35-21-24)38-31(40)29(25-8-4-2-5-9-25)26-10-6-3-7-11-26/h2-17,21,27,29H,18-20H2,1H3,(H2,33,35)(H,36,39)(H,38,40)(H2,34,37,41). The van der Waals surface area contributed by atoms with Gasteiger partial charge < -0.3 is 27.0 Å². The van der Waals surface area contributed by atoms with Crippen LogP contribution >= 0.6 is 0 Å². The molecule has 0 aliphatic heterocycles. The van der Waals surface area contributed by atoms with E-state index in [0.717, 1.165) is 27.8 Å². The number of rotatable bonds is 11. The van der Waals surface area contributed by atoms with Crippen LogP contribution in [0.5, 0.6) is 0 Å². The Balaban J connectivity index is 1.49. The van der Waals surface area contributed by atoms with Gasteiger partial charge in [-0.3, -0.25) is 9.59 Å². The molecule has 41 heavy (non-hydrogen) atoms. The molecule has 1 aromatic heterocycles. The number of hydrogen-bond acceptors (Lipinski definition) is 5. The maximum atomic E-state index is 13.8. The van der Waals surface area contributed by atoms with Gasteiger partial charge in [0.1, 0.15) is 11.9 Å². The van der Waals surface area contributed by atoms with Crippen LogP contribution < -0.4 is 27.0 Å². The number of pyridine rings is 1. The van der Waals surface area contributed by atoms with E-state index in [1.54, 1.807) is 25.4 Å². The molecule has 1 heterocycles. The second-order valence-electron chi connectivity index (χ2n) is 9.58. The zero-order valence-electron chi connectivity index (χ0n) is 22.8. The van der Waals surface area contributed by atoms with Crippen LogP contribution in [-0.4, -0.2) is 35.9 Å². The topological polar surface area (TPSA) is 138 Å². The number of amides is 4. The molecule has 1 atom stereocenters. The SMILES string of the molecule is CNC(=O)NCc1ccc(CNC(=O)C(Cc2ccc(N)nc2)NC(=O)C(c2ccccc2)c2ccccc2)cc1. The van der Waals surface area contributed by atoms with Gasteiger partial charge in [0, 0.05) is 32.8 Å². The average Bonchev–Trinajstić information content (AvgIpc) is 3.01. The minimum absolute atomic E-state index is 0.241. The Kier molecular flexibility index (Phi) is 10.0. The molecule has 4 aromatic rings. The van der Waals surface area contributed by atoms with E-state index < -0.39 is 12.0 Å². The molecule has 6 N–H and O–H groups in total. The first-order valence-corrected chi connectivity index (χ1v) is 13.3. The number of nitrogens with zero attached hydrogens (tertiary/aromatic N) is 1. The number of anilines is 1. The van der Waals surface area contributed by atoms with E-state index in [0.29, 0.717) is 12.4 Å². The van der Waals surface area contributed by atoms with Crippen molar-refractivity contribution in [2.45, 2.75) is 31.5 Å². The molecular formula is C32H34N6O3. The number of urea groups is 1. The summed E-state index contributed by atoms with van der Waals surface area (Å²) in [6.45, 7) is 0.662. The first-order chi connectivity index (χ1) is 19.9.